The van der Waals surface area contributed by atoms with E-state index in [9.17, 15) is 4.79 Å². The van der Waals surface area contributed by atoms with Gasteiger partial charge in [0.25, 0.3) is 0 Å². The summed E-state index contributed by atoms with van der Waals surface area (Å²) in [6.45, 7) is 8.73. The molecule has 1 N–H and O–H groups in total. The Morgan fingerprint density at radius 2 is 2.23 bits per heavy atom. The molecule has 118 valence electrons. The standard InChI is InChI=1S/C17H23N3O2/c1-17(2)8-13-7-12(3-4-15(13)22-17)10-19-5-6-20-14(11-19)9-18-16(20)21/h3-4,7,14H,5-6,8-11H2,1-2H3,(H,18,21)/t14-/m1/s1. The van der Waals surface area contributed by atoms with Gasteiger partial charge in [0.1, 0.15) is 11.4 Å². The predicted molar refractivity (Wildman–Crippen MR) is 84.0 cm³/mol. The van der Waals surface area contributed by atoms with Gasteiger partial charge in [0.2, 0.25) is 0 Å². The summed E-state index contributed by atoms with van der Waals surface area (Å²) in [6.07, 6.45) is 0.977. The van der Waals surface area contributed by atoms with E-state index in [1.54, 1.807) is 0 Å². The van der Waals surface area contributed by atoms with Crippen molar-refractivity contribution in [2.45, 2.75) is 38.5 Å². The maximum atomic E-state index is 11.6. The summed E-state index contributed by atoms with van der Waals surface area (Å²) in [5, 5.41) is 2.93. The highest BCUT2D eigenvalue weighted by Gasteiger charge is 2.35. The number of hydrogen-bond acceptors (Lipinski definition) is 3. The third-order valence-corrected chi connectivity index (χ3v) is 4.85. The summed E-state index contributed by atoms with van der Waals surface area (Å²) in [5.74, 6) is 1.03. The number of benzene rings is 1. The number of fused-ring (bicyclic) bond motifs is 2. The summed E-state index contributed by atoms with van der Waals surface area (Å²) in [6, 6.07) is 7.00. The zero-order valence-corrected chi connectivity index (χ0v) is 13.3. The highest BCUT2D eigenvalue weighted by Crippen LogP contribution is 2.35. The maximum absolute atomic E-state index is 11.6. The molecule has 2 fully saturated rings. The second kappa shape index (κ2) is 4.88. The molecule has 0 bridgehead atoms. The normalized spacial score (nSPS) is 26.4. The van der Waals surface area contributed by atoms with Crippen LogP contribution in [0.4, 0.5) is 4.79 Å². The summed E-state index contributed by atoms with van der Waals surface area (Å²) < 4.78 is 5.94. The van der Waals surface area contributed by atoms with E-state index < -0.39 is 0 Å². The van der Waals surface area contributed by atoms with Crippen LogP contribution in [0.2, 0.25) is 0 Å². The number of ether oxygens (including phenoxy) is 1. The molecule has 2 saturated heterocycles. The van der Waals surface area contributed by atoms with Crippen LogP contribution >= 0.6 is 0 Å². The van der Waals surface area contributed by atoms with E-state index in [4.69, 9.17) is 4.74 Å². The minimum absolute atomic E-state index is 0.0809. The van der Waals surface area contributed by atoms with Crippen LogP contribution in [-0.4, -0.2) is 53.7 Å². The fourth-order valence-corrected chi connectivity index (χ4v) is 3.83. The second-order valence-electron chi connectivity index (χ2n) is 7.25. The maximum Gasteiger partial charge on any atom is 0.317 e. The van der Waals surface area contributed by atoms with Crippen LogP contribution in [-0.2, 0) is 13.0 Å². The molecular weight excluding hydrogens is 278 g/mol. The third-order valence-electron chi connectivity index (χ3n) is 4.85. The van der Waals surface area contributed by atoms with Gasteiger partial charge in [0, 0.05) is 39.1 Å². The van der Waals surface area contributed by atoms with Crippen LogP contribution in [0.5, 0.6) is 5.75 Å². The topological polar surface area (TPSA) is 44.8 Å². The Labute approximate surface area is 131 Å². The van der Waals surface area contributed by atoms with Crippen molar-refractivity contribution in [1.82, 2.24) is 15.1 Å². The molecule has 0 radical (unpaired) electrons. The second-order valence-corrected chi connectivity index (χ2v) is 7.25. The average Bonchev–Trinajstić information content (AvgIpc) is 2.97. The molecule has 2 amide bonds. The first-order valence-corrected chi connectivity index (χ1v) is 8.08. The van der Waals surface area contributed by atoms with Crippen LogP contribution in [0.1, 0.15) is 25.0 Å². The van der Waals surface area contributed by atoms with Gasteiger partial charge in [-0.05, 0) is 31.0 Å². The van der Waals surface area contributed by atoms with Crippen molar-refractivity contribution in [1.29, 1.82) is 0 Å². The molecule has 0 saturated carbocycles. The Hall–Kier alpha value is -1.75. The van der Waals surface area contributed by atoms with Crippen molar-refractivity contribution >= 4 is 6.03 Å². The van der Waals surface area contributed by atoms with Crippen molar-refractivity contribution in [3.05, 3.63) is 29.3 Å². The van der Waals surface area contributed by atoms with Crippen LogP contribution in [0.15, 0.2) is 18.2 Å². The van der Waals surface area contributed by atoms with Crippen molar-refractivity contribution in [3.8, 4) is 5.75 Å². The van der Waals surface area contributed by atoms with Gasteiger partial charge in [-0.2, -0.15) is 0 Å². The summed E-state index contributed by atoms with van der Waals surface area (Å²) in [7, 11) is 0. The van der Waals surface area contributed by atoms with Gasteiger partial charge in [-0.3, -0.25) is 4.90 Å². The number of amides is 2. The van der Waals surface area contributed by atoms with E-state index in [1.165, 1.54) is 11.1 Å². The number of carbonyl (C=O) groups is 1. The van der Waals surface area contributed by atoms with E-state index >= 15 is 0 Å². The molecule has 3 aliphatic heterocycles. The van der Waals surface area contributed by atoms with Crippen LogP contribution in [0, 0.1) is 0 Å². The number of nitrogens with zero attached hydrogens (tertiary/aromatic N) is 2. The monoisotopic (exact) mass is 301 g/mol. The number of rotatable bonds is 2. The Balaban J connectivity index is 1.44. The SMILES string of the molecule is CC1(C)Cc2cc(CN3CCN4C(=O)NC[C@@H]4C3)ccc2O1. The molecule has 5 heteroatoms. The Bertz CT molecular complexity index is 614. The van der Waals surface area contributed by atoms with Crippen molar-refractivity contribution in [3.63, 3.8) is 0 Å². The summed E-state index contributed by atoms with van der Waals surface area (Å²) in [5.41, 5.74) is 2.58. The van der Waals surface area contributed by atoms with Gasteiger partial charge in [0.05, 0.1) is 6.04 Å². The van der Waals surface area contributed by atoms with Gasteiger partial charge in [-0.1, -0.05) is 12.1 Å². The first-order chi connectivity index (χ1) is 10.5. The largest absolute Gasteiger partial charge is 0.487 e. The average molecular weight is 301 g/mol. The highest BCUT2D eigenvalue weighted by atomic mass is 16.5. The number of urea groups is 1. The molecule has 0 aromatic heterocycles. The number of nitrogens with one attached hydrogen (secondary N) is 1. The van der Waals surface area contributed by atoms with Crippen molar-refractivity contribution in [2.75, 3.05) is 26.2 Å². The number of piperazine rings is 1. The Morgan fingerprint density at radius 3 is 3.09 bits per heavy atom. The minimum atomic E-state index is -0.0809. The smallest absolute Gasteiger partial charge is 0.317 e. The lowest BCUT2D eigenvalue weighted by Crippen LogP contribution is -2.51. The molecule has 0 unspecified atom stereocenters. The van der Waals surface area contributed by atoms with Gasteiger partial charge < -0.3 is 15.0 Å². The lowest BCUT2D eigenvalue weighted by atomic mass is 10.00. The minimum Gasteiger partial charge on any atom is -0.487 e. The lowest BCUT2D eigenvalue weighted by molar-refractivity contribution is 0.116. The molecule has 4 rings (SSSR count). The Morgan fingerprint density at radius 1 is 1.36 bits per heavy atom. The molecule has 1 aromatic carbocycles. The van der Waals surface area contributed by atoms with Crippen LogP contribution in [0.25, 0.3) is 0 Å². The van der Waals surface area contributed by atoms with Gasteiger partial charge in [-0.25, -0.2) is 4.79 Å². The first-order valence-electron chi connectivity index (χ1n) is 8.08. The van der Waals surface area contributed by atoms with E-state index in [1.807, 2.05) is 4.90 Å². The zero-order valence-electron chi connectivity index (χ0n) is 13.3. The lowest BCUT2D eigenvalue weighted by Gasteiger charge is -2.36. The molecule has 1 aromatic rings. The molecule has 5 nitrogen and oxygen atoms in total. The van der Waals surface area contributed by atoms with E-state index in [0.29, 0.717) is 6.04 Å². The van der Waals surface area contributed by atoms with Gasteiger partial charge in [-0.15, -0.1) is 0 Å². The quantitative estimate of drug-likeness (QED) is 0.902. The molecule has 1 atom stereocenters. The molecule has 0 aliphatic carbocycles. The first kappa shape index (κ1) is 13.9. The van der Waals surface area contributed by atoms with Crippen molar-refractivity contribution < 1.29 is 9.53 Å². The molecule has 0 spiro atoms. The summed E-state index contributed by atoms with van der Waals surface area (Å²) >= 11 is 0. The van der Waals surface area contributed by atoms with Gasteiger partial charge >= 0.3 is 6.03 Å². The zero-order chi connectivity index (χ0) is 15.3. The molecule has 3 heterocycles. The molecule has 22 heavy (non-hydrogen) atoms. The molecule has 3 aliphatic rings. The fraction of sp³-hybridized carbons (Fsp3) is 0.588. The summed E-state index contributed by atoms with van der Waals surface area (Å²) in [4.78, 5) is 16.1. The van der Waals surface area contributed by atoms with Crippen molar-refractivity contribution in [2.24, 2.45) is 0 Å². The van der Waals surface area contributed by atoms with Crippen LogP contribution in [0.3, 0.4) is 0 Å². The fourth-order valence-electron chi connectivity index (χ4n) is 3.83. The van der Waals surface area contributed by atoms with E-state index in [2.05, 4.69) is 42.3 Å². The van der Waals surface area contributed by atoms with E-state index in [-0.39, 0.29) is 11.6 Å². The Kier molecular flexibility index (Phi) is 3.08. The third kappa shape index (κ3) is 2.43. The van der Waals surface area contributed by atoms with Crippen LogP contribution < -0.4 is 10.1 Å². The number of hydrogen-bond donors (Lipinski definition) is 1. The highest BCUT2D eigenvalue weighted by molar-refractivity contribution is 5.77. The van der Waals surface area contributed by atoms with Gasteiger partial charge in [0.15, 0.2) is 0 Å². The predicted octanol–water partition coefficient (Wildman–Crippen LogP) is 1.61. The molecular formula is C17H23N3O2. The number of carbonyl (C=O) groups excluding carboxylic acids is 1. The van der Waals surface area contributed by atoms with E-state index in [0.717, 1.165) is 44.9 Å².